The molecule has 0 amide bonds. The molecule has 146 valence electrons. The SMILES string of the molecule is COCCN1COc2cc(C)c3c(c2C1)O/C(=C\c1ccccc1OC)C3=O. The molecule has 6 heteroatoms. The van der Waals surface area contributed by atoms with E-state index in [0.717, 1.165) is 29.0 Å². The Hall–Kier alpha value is -2.83. The van der Waals surface area contributed by atoms with Crippen LogP contribution < -0.4 is 14.2 Å². The zero-order valence-electron chi connectivity index (χ0n) is 16.3. The topological polar surface area (TPSA) is 57.2 Å². The maximum Gasteiger partial charge on any atom is 0.232 e. The van der Waals surface area contributed by atoms with Gasteiger partial charge in [0.1, 0.15) is 24.0 Å². The van der Waals surface area contributed by atoms with Gasteiger partial charge in [-0.15, -0.1) is 0 Å². The zero-order chi connectivity index (χ0) is 19.7. The summed E-state index contributed by atoms with van der Waals surface area (Å²) < 4.78 is 22.5. The van der Waals surface area contributed by atoms with E-state index in [1.807, 2.05) is 37.3 Å². The van der Waals surface area contributed by atoms with Crippen LogP contribution in [0.5, 0.6) is 17.2 Å². The molecule has 28 heavy (non-hydrogen) atoms. The first-order valence-electron chi connectivity index (χ1n) is 9.20. The van der Waals surface area contributed by atoms with Gasteiger partial charge in [0.25, 0.3) is 0 Å². The highest BCUT2D eigenvalue weighted by Gasteiger charge is 2.35. The second kappa shape index (κ2) is 7.66. The molecule has 0 bridgehead atoms. The number of para-hydroxylation sites is 1. The van der Waals surface area contributed by atoms with Crippen LogP contribution >= 0.6 is 0 Å². The van der Waals surface area contributed by atoms with Gasteiger partial charge < -0.3 is 18.9 Å². The van der Waals surface area contributed by atoms with E-state index < -0.39 is 0 Å². The van der Waals surface area contributed by atoms with Crippen LogP contribution in [0.1, 0.15) is 27.0 Å². The molecule has 2 aromatic rings. The highest BCUT2D eigenvalue weighted by atomic mass is 16.5. The van der Waals surface area contributed by atoms with Crippen molar-refractivity contribution in [2.24, 2.45) is 0 Å². The first-order valence-corrected chi connectivity index (χ1v) is 9.20. The number of benzene rings is 2. The van der Waals surface area contributed by atoms with Gasteiger partial charge in [-0.25, -0.2) is 0 Å². The highest BCUT2D eigenvalue weighted by Crippen LogP contribution is 2.44. The zero-order valence-corrected chi connectivity index (χ0v) is 16.3. The van der Waals surface area contributed by atoms with Crippen LogP contribution in [0, 0.1) is 6.92 Å². The summed E-state index contributed by atoms with van der Waals surface area (Å²) in [5.74, 6) is 2.25. The third-order valence-corrected chi connectivity index (χ3v) is 5.02. The lowest BCUT2D eigenvalue weighted by Gasteiger charge is -2.29. The Labute approximate surface area is 164 Å². The molecule has 0 saturated heterocycles. The summed E-state index contributed by atoms with van der Waals surface area (Å²) in [6.45, 7) is 4.41. The van der Waals surface area contributed by atoms with Gasteiger partial charge in [-0.1, -0.05) is 18.2 Å². The molecule has 0 saturated carbocycles. The molecule has 0 aromatic heterocycles. The molecule has 0 radical (unpaired) electrons. The number of hydrogen-bond acceptors (Lipinski definition) is 6. The molecule has 2 aliphatic heterocycles. The summed E-state index contributed by atoms with van der Waals surface area (Å²) >= 11 is 0. The van der Waals surface area contributed by atoms with Gasteiger partial charge in [-0.2, -0.15) is 0 Å². The Morgan fingerprint density at radius 1 is 1.25 bits per heavy atom. The minimum Gasteiger partial charge on any atom is -0.496 e. The van der Waals surface area contributed by atoms with Crippen molar-refractivity contribution in [1.82, 2.24) is 4.90 Å². The number of carbonyl (C=O) groups excluding carboxylic acids is 1. The largest absolute Gasteiger partial charge is 0.496 e. The van der Waals surface area contributed by atoms with Gasteiger partial charge in [0.05, 0.1) is 24.8 Å². The fourth-order valence-electron chi connectivity index (χ4n) is 3.57. The Morgan fingerprint density at radius 2 is 2.07 bits per heavy atom. The van der Waals surface area contributed by atoms with Crippen LogP contribution in [0.3, 0.4) is 0 Å². The van der Waals surface area contributed by atoms with Crippen molar-refractivity contribution in [2.75, 3.05) is 34.1 Å². The van der Waals surface area contributed by atoms with E-state index in [-0.39, 0.29) is 5.78 Å². The van der Waals surface area contributed by atoms with Gasteiger partial charge in [0, 0.05) is 25.8 Å². The average molecular weight is 381 g/mol. The Kier molecular flexibility index (Phi) is 5.07. The van der Waals surface area contributed by atoms with Crippen molar-refractivity contribution in [3.63, 3.8) is 0 Å². The number of fused-ring (bicyclic) bond motifs is 3. The predicted octanol–water partition coefficient (Wildman–Crippen LogP) is 3.42. The van der Waals surface area contributed by atoms with Crippen molar-refractivity contribution < 1.29 is 23.7 Å². The molecule has 0 spiro atoms. The number of aryl methyl sites for hydroxylation is 1. The molecule has 0 fully saturated rings. The third kappa shape index (κ3) is 3.25. The lowest BCUT2D eigenvalue weighted by Crippen LogP contribution is -2.34. The fraction of sp³-hybridized carbons (Fsp3) is 0.318. The van der Waals surface area contributed by atoms with Crippen molar-refractivity contribution in [1.29, 1.82) is 0 Å². The van der Waals surface area contributed by atoms with Gasteiger partial charge in [-0.05, 0) is 30.7 Å². The first-order chi connectivity index (χ1) is 13.6. The predicted molar refractivity (Wildman–Crippen MR) is 105 cm³/mol. The summed E-state index contributed by atoms with van der Waals surface area (Å²) in [6.07, 6.45) is 1.74. The summed E-state index contributed by atoms with van der Waals surface area (Å²) in [4.78, 5) is 15.2. The molecule has 0 atom stereocenters. The summed E-state index contributed by atoms with van der Waals surface area (Å²) in [5, 5.41) is 0. The summed E-state index contributed by atoms with van der Waals surface area (Å²) in [6, 6.07) is 9.46. The number of Topliss-reactive ketones (excluding diaryl/α,β-unsaturated/α-hetero) is 1. The van der Waals surface area contributed by atoms with Gasteiger partial charge in [0.15, 0.2) is 5.76 Å². The van der Waals surface area contributed by atoms with Crippen LogP contribution in [0.25, 0.3) is 6.08 Å². The fourth-order valence-corrected chi connectivity index (χ4v) is 3.57. The number of ketones is 1. The smallest absolute Gasteiger partial charge is 0.232 e. The minimum absolute atomic E-state index is 0.116. The number of allylic oxidation sites excluding steroid dienone is 1. The lowest BCUT2D eigenvalue weighted by atomic mass is 9.98. The second-order valence-corrected chi connectivity index (χ2v) is 6.87. The molecule has 6 nitrogen and oxygen atoms in total. The standard InChI is InChI=1S/C22H23NO5/c1-14-10-18-16(12-23(13-27-18)8-9-25-2)22-20(14)21(24)19(28-22)11-15-6-4-5-7-17(15)26-3/h4-7,10-11H,8-9,12-13H2,1-3H3/b19-11-. The van der Waals surface area contributed by atoms with Crippen LogP contribution in [0.15, 0.2) is 36.1 Å². The van der Waals surface area contributed by atoms with E-state index in [9.17, 15) is 4.79 Å². The number of rotatable bonds is 5. The maximum absolute atomic E-state index is 13.1. The Balaban J connectivity index is 1.71. The van der Waals surface area contributed by atoms with Crippen molar-refractivity contribution >= 4 is 11.9 Å². The number of hydrogen-bond donors (Lipinski definition) is 0. The molecule has 0 unspecified atom stereocenters. The molecule has 2 aromatic carbocycles. The normalized spacial score (nSPS) is 17.1. The van der Waals surface area contributed by atoms with E-state index in [0.29, 0.717) is 42.7 Å². The number of ether oxygens (including phenoxy) is 4. The van der Waals surface area contributed by atoms with E-state index in [1.165, 1.54) is 0 Å². The average Bonchev–Trinajstić information content (AvgIpc) is 3.04. The monoisotopic (exact) mass is 381 g/mol. The van der Waals surface area contributed by atoms with E-state index in [4.69, 9.17) is 18.9 Å². The molecule has 2 heterocycles. The van der Waals surface area contributed by atoms with Gasteiger partial charge in [-0.3, -0.25) is 9.69 Å². The summed E-state index contributed by atoms with van der Waals surface area (Å²) in [5.41, 5.74) is 3.16. The van der Waals surface area contributed by atoms with Gasteiger partial charge >= 0.3 is 0 Å². The highest BCUT2D eigenvalue weighted by molar-refractivity contribution is 6.16. The third-order valence-electron chi connectivity index (χ3n) is 5.02. The first kappa shape index (κ1) is 18.5. The molecule has 4 rings (SSSR count). The van der Waals surface area contributed by atoms with Gasteiger partial charge in [0.2, 0.25) is 5.78 Å². The molecule has 0 aliphatic carbocycles. The number of carbonyl (C=O) groups is 1. The molecular formula is C22H23NO5. The Morgan fingerprint density at radius 3 is 2.86 bits per heavy atom. The number of methoxy groups -OCH3 is 2. The molecular weight excluding hydrogens is 358 g/mol. The Bertz CT molecular complexity index is 950. The molecule has 2 aliphatic rings. The lowest BCUT2D eigenvalue weighted by molar-refractivity contribution is 0.0646. The quantitative estimate of drug-likeness (QED) is 0.740. The van der Waals surface area contributed by atoms with Crippen molar-refractivity contribution in [3.05, 3.63) is 58.3 Å². The maximum atomic E-state index is 13.1. The van der Waals surface area contributed by atoms with Crippen LogP contribution in [-0.2, 0) is 11.3 Å². The second-order valence-electron chi connectivity index (χ2n) is 6.87. The molecule has 0 N–H and O–H groups in total. The van der Waals surface area contributed by atoms with Crippen LogP contribution in [0.2, 0.25) is 0 Å². The minimum atomic E-state index is -0.116. The van der Waals surface area contributed by atoms with Crippen molar-refractivity contribution in [3.8, 4) is 17.2 Å². The van der Waals surface area contributed by atoms with E-state index in [1.54, 1.807) is 20.3 Å². The van der Waals surface area contributed by atoms with Crippen LogP contribution in [-0.4, -0.2) is 44.8 Å². The van der Waals surface area contributed by atoms with E-state index in [2.05, 4.69) is 4.90 Å². The number of nitrogens with zero attached hydrogens (tertiary/aromatic N) is 1. The van der Waals surface area contributed by atoms with E-state index >= 15 is 0 Å². The van der Waals surface area contributed by atoms with Crippen LogP contribution in [0.4, 0.5) is 0 Å². The van der Waals surface area contributed by atoms with Crippen molar-refractivity contribution in [2.45, 2.75) is 13.5 Å². The summed E-state index contributed by atoms with van der Waals surface area (Å²) in [7, 11) is 3.28.